The molecule has 98 valence electrons. The first-order chi connectivity index (χ1) is 9.00. The van der Waals surface area contributed by atoms with Gasteiger partial charge in [0, 0.05) is 18.1 Å². The molecule has 0 aliphatic carbocycles. The summed E-state index contributed by atoms with van der Waals surface area (Å²) in [5.74, 6) is -1.19. The summed E-state index contributed by atoms with van der Waals surface area (Å²) in [5.41, 5.74) is 1.49. The van der Waals surface area contributed by atoms with E-state index in [0.717, 1.165) is 11.3 Å². The van der Waals surface area contributed by atoms with E-state index >= 15 is 0 Å². The molecule has 0 saturated carbocycles. The Morgan fingerprint density at radius 1 is 1.32 bits per heavy atom. The minimum atomic E-state index is -1.19. The lowest BCUT2D eigenvalue weighted by Crippen LogP contribution is -2.29. The third-order valence-corrected chi connectivity index (χ3v) is 3.01. The van der Waals surface area contributed by atoms with Crippen LogP contribution in [0.4, 0.5) is 0 Å². The lowest BCUT2D eigenvalue weighted by Gasteiger charge is -2.12. The Kier molecular flexibility index (Phi) is 3.46. The predicted molar refractivity (Wildman–Crippen MR) is 70.5 cm³/mol. The predicted octanol–water partition coefficient (Wildman–Crippen LogP) is 1.61. The van der Waals surface area contributed by atoms with Crippen LogP contribution < -0.4 is 5.56 Å². The Balaban J connectivity index is 2.55. The molecule has 0 aliphatic heterocycles. The summed E-state index contributed by atoms with van der Waals surface area (Å²) in [4.78, 5) is 27.3. The molecule has 0 amide bonds. The third kappa shape index (κ3) is 2.54. The van der Waals surface area contributed by atoms with E-state index < -0.39 is 11.5 Å². The molecule has 2 heterocycles. The number of aryl methyl sites for hydroxylation is 2. The quantitative estimate of drug-likeness (QED) is 0.907. The molecule has 0 saturated heterocycles. The number of hydrogen-bond donors (Lipinski definition) is 1. The van der Waals surface area contributed by atoms with Crippen LogP contribution in [0.15, 0.2) is 35.4 Å². The third-order valence-electron chi connectivity index (χ3n) is 3.01. The largest absolute Gasteiger partial charge is 0.477 e. The average molecular weight is 258 g/mol. The van der Waals surface area contributed by atoms with E-state index in [1.54, 1.807) is 44.4 Å². The summed E-state index contributed by atoms with van der Waals surface area (Å²) < 4.78 is 1.46. The molecule has 0 spiro atoms. The number of aromatic nitrogens is 2. The van der Waals surface area contributed by atoms with Crippen molar-refractivity contribution in [3.8, 4) is 0 Å². The van der Waals surface area contributed by atoms with Gasteiger partial charge in [0.1, 0.15) is 5.56 Å². The minimum absolute atomic E-state index is 0.167. The average Bonchev–Trinajstić information content (AvgIpc) is 2.35. The van der Waals surface area contributed by atoms with Crippen molar-refractivity contribution in [1.82, 2.24) is 9.55 Å². The van der Waals surface area contributed by atoms with Crippen molar-refractivity contribution in [1.29, 1.82) is 0 Å². The fourth-order valence-electron chi connectivity index (χ4n) is 2.05. The molecule has 0 fully saturated rings. The summed E-state index contributed by atoms with van der Waals surface area (Å²) in [5, 5.41) is 9.10. The van der Waals surface area contributed by atoms with Crippen LogP contribution in [0, 0.1) is 13.8 Å². The zero-order chi connectivity index (χ0) is 14.0. The molecule has 0 radical (unpaired) electrons. The molecule has 1 N–H and O–H groups in total. The van der Waals surface area contributed by atoms with Gasteiger partial charge in [-0.05, 0) is 43.2 Å². The highest BCUT2D eigenvalue weighted by atomic mass is 16.4. The van der Waals surface area contributed by atoms with E-state index in [0.29, 0.717) is 12.1 Å². The van der Waals surface area contributed by atoms with Gasteiger partial charge < -0.3 is 9.67 Å². The van der Waals surface area contributed by atoms with E-state index in [1.807, 2.05) is 0 Å². The Morgan fingerprint density at radius 2 is 1.95 bits per heavy atom. The standard InChI is InChI=1S/C14H14N2O3/c1-9-7-10(2)16(13(17)12(9)14(18)19)8-11-3-5-15-6-4-11/h3-7H,8H2,1-2H3,(H,18,19). The molecule has 0 aromatic carbocycles. The van der Waals surface area contributed by atoms with Gasteiger partial charge in [-0.3, -0.25) is 9.78 Å². The second-order valence-electron chi connectivity index (χ2n) is 4.40. The molecule has 0 unspecified atom stereocenters. The van der Waals surface area contributed by atoms with Crippen LogP contribution in [0.3, 0.4) is 0 Å². The fourth-order valence-corrected chi connectivity index (χ4v) is 2.05. The highest BCUT2D eigenvalue weighted by Gasteiger charge is 2.16. The summed E-state index contributed by atoms with van der Waals surface area (Å²) in [6.07, 6.45) is 3.28. The normalized spacial score (nSPS) is 10.4. The number of carboxylic acids is 1. The van der Waals surface area contributed by atoms with Crippen LogP contribution in [-0.4, -0.2) is 20.6 Å². The molecular formula is C14H14N2O3. The van der Waals surface area contributed by atoms with Crippen LogP contribution in [0.2, 0.25) is 0 Å². The Hall–Kier alpha value is -2.43. The molecule has 2 rings (SSSR count). The zero-order valence-electron chi connectivity index (χ0n) is 10.8. The van der Waals surface area contributed by atoms with E-state index in [1.165, 1.54) is 4.57 Å². The molecule has 5 nitrogen and oxygen atoms in total. The molecular weight excluding hydrogens is 244 g/mol. The van der Waals surface area contributed by atoms with Gasteiger partial charge in [0.2, 0.25) is 0 Å². The van der Waals surface area contributed by atoms with Gasteiger partial charge in [-0.25, -0.2) is 4.79 Å². The number of carbonyl (C=O) groups is 1. The monoisotopic (exact) mass is 258 g/mol. The highest BCUT2D eigenvalue weighted by Crippen LogP contribution is 2.08. The minimum Gasteiger partial charge on any atom is -0.477 e. The van der Waals surface area contributed by atoms with E-state index in [4.69, 9.17) is 5.11 Å². The van der Waals surface area contributed by atoms with E-state index in [-0.39, 0.29) is 5.56 Å². The van der Waals surface area contributed by atoms with Gasteiger partial charge in [-0.2, -0.15) is 0 Å². The van der Waals surface area contributed by atoms with Gasteiger partial charge in [0.25, 0.3) is 5.56 Å². The Morgan fingerprint density at radius 3 is 2.53 bits per heavy atom. The number of aromatic carboxylic acids is 1. The van der Waals surface area contributed by atoms with Crippen molar-refractivity contribution in [2.75, 3.05) is 0 Å². The molecule has 2 aromatic heterocycles. The summed E-state index contributed by atoms with van der Waals surface area (Å²) in [7, 11) is 0. The molecule has 0 aliphatic rings. The van der Waals surface area contributed by atoms with Crippen LogP contribution in [0.25, 0.3) is 0 Å². The number of rotatable bonds is 3. The molecule has 0 bridgehead atoms. The first kappa shape index (κ1) is 13.0. The van der Waals surface area contributed by atoms with Crippen molar-refractivity contribution in [2.24, 2.45) is 0 Å². The highest BCUT2D eigenvalue weighted by molar-refractivity contribution is 5.88. The van der Waals surface area contributed by atoms with Gasteiger partial charge >= 0.3 is 5.97 Å². The smallest absolute Gasteiger partial charge is 0.341 e. The lowest BCUT2D eigenvalue weighted by molar-refractivity contribution is 0.0693. The Labute approximate surface area is 110 Å². The van der Waals surface area contributed by atoms with Gasteiger partial charge in [0.15, 0.2) is 0 Å². The lowest BCUT2D eigenvalue weighted by atomic mass is 10.1. The maximum absolute atomic E-state index is 12.2. The number of hydrogen-bond acceptors (Lipinski definition) is 3. The summed E-state index contributed by atoms with van der Waals surface area (Å²) in [6.45, 7) is 3.77. The van der Waals surface area contributed by atoms with Gasteiger partial charge in [-0.1, -0.05) is 0 Å². The molecule has 19 heavy (non-hydrogen) atoms. The van der Waals surface area contributed by atoms with Crippen LogP contribution >= 0.6 is 0 Å². The van der Waals surface area contributed by atoms with Crippen molar-refractivity contribution in [2.45, 2.75) is 20.4 Å². The Bertz CT molecular complexity index is 675. The maximum atomic E-state index is 12.2. The van der Waals surface area contributed by atoms with Crippen LogP contribution in [-0.2, 0) is 6.54 Å². The van der Waals surface area contributed by atoms with Crippen molar-refractivity contribution in [3.63, 3.8) is 0 Å². The van der Waals surface area contributed by atoms with Gasteiger partial charge in [0.05, 0.1) is 6.54 Å². The summed E-state index contributed by atoms with van der Waals surface area (Å²) >= 11 is 0. The maximum Gasteiger partial charge on any atom is 0.341 e. The molecule has 5 heteroatoms. The SMILES string of the molecule is Cc1cc(C)n(Cc2ccncc2)c(=O)c1C(=O)O. The second-order valence-corrected chi connectivity index (χ2v) is 4.40. The number of nitrogens with zero attached hydrogens (tertiary/aromatic N) is 2. The molecule has 2 aromatic rings. The van der Waals surface area contributed by atoms with Gasteiger partial charge in [-0.15, -0.1) is 0 Å². The van der Waals surface area contributed by atoms with E-state index in [2.05, 4.69) is 4.98 Å². The first-order valence-electron chi connectivity index (χ1n) is 5.84. The summed E-state index contributed by atoms with van der Waals surface area (Å²) in [6, 6.07) is 5.31. The topological polar surface area (TPSA) is 72.2 Å². The van der Waals surface area contributed by atoms with Crippen molar-refractivity contribution < 1.29 is 9.90 Å². The van der Waals surface area contributed by atoms with E-state index in [9.17, 15) is 9.59 Å². The zero-order valence-corrected chi connectivity index (χ0v) is 10.8. The van der Waals surface area contributed by atoms with Crippen LogP contribution in [0.1, 0.15) is 27.2 Å². The van der Waals surface area contributed by atoms with Crippen molar-refractivity contribution >= 4 is 5.97 Å². The first-order valence-corrected chi connectivity index (χ1v) is 5.84. The second kappa shape index (κ2) is 5.06. The van der Waals surface area contributed by atoms with Crippen LogP contribution in [0.5, 0.6) is 0 Å². The fraction of sp³-hybridized carbons (Fsp3) is 0.214. The number of pyridine rings is 2. The molecule has 0 atom stereocenters. The number of carboxylic acid groups (broad SMARTS) is 1. The van der Waals surface area contributed by atoms with Crippen molar-refractivity contribution in [3.05, 3.63) is 63.3 Å².